The number of fused-ring (bicyclic) bond motifs is 1. The third-order valence-electron chi connectivity index (χ3n) is 4.80. The van der Waals surface area contributed by atoms with Gasteiger partial charge in [0.1, 0.15) is 36.1 Å². The van der Waals surface area contributed by atoms with E-state index in [2.05, 4.69) is 9.97 Å². The van der Waals surface area contributed by atoms with Gasteiger partial charge in [0.05, 0.1) is 16.5 Å². The van der Waals surface area contributed by atoms with Crippen molar-refractivity contribution in [1.82, 2.24) is 14.5 Å². The molecule has 1 saturated heterocycles. The topological polar surface area (TPSA) is 173 Å². The fourth-order valence-electron chi connectivity index (χ4n) is 3.27. The Labute approximate surface area is 173 Å². The first-order chi connectivity index (χ1) is 14.2. The molecule has 0 saturated carbocycles. The maximum Gasteiger partial charge on any atom is 0.651 e. The van der Waals surface area contributed by atoms with E-state index in [0.717, 1.165) is 17.5 Å². The normalized spacial score (nSPS) is 26.1. The van der Waals surface area contributed by atoms with Crippen molar-refractivity contribution in [2.24, 2.45) is 0 Å². The Balaban J connectivity index is 1.68. The van der Waals surface area contributed by atoms with Crippen LogP contribution in [0.2, 0.25) is 0 Å². The molecule has 5 atom stereocenters. The van der Waals surface area contributed by atoms with Gasteiger partial charge in [0.15, 0.2) is 13.3 Å². The highest BCUT2D eigenvalue weighted by atomic mass is 32.1. The lowest BCUT2D eigenvalue weighted by Crippen LogP contribution is -2.33. The number of aliphatic hydroxyl groups excluding tert-OH is 2. The van der Waals surface area contributed by atoms with E-state index in [4.69, 9.17) is 15.0 Å². The Hall–Kier alpha value is -2.25. The van der Waals surface area contributed by atoms with Gasteiger partial charge >= 0.3 is 7.75 Å². The molecule has 4 heterocycles. The molecule has 12 nitrogen and oxygen atoms in total. The molecule has 3 aromatic heterocycles. The van der Waals surface area contributed by atoms with Crippen molar-refractivity contribution >= 4 is 35.9 Å². The van der Waals surface area contributed by atoms with Crippen LogP contribution in [0.15, 0.2) is 30.0 Å². The summed E-state index contributed by atoms with van der Waals surface area (Å²) in [5, 5.41) is 23.4. The average Bonchev–Trinajstić information content (AvgIpc) is 3.40. The molecule has 0 amide bonds. The van der Waals surface area contributed by atoms with Crippen LogP contribution in [0.5, 0.6) is 0 Å². The third kappa shape index (κ3) is 3.54. The Kier molecular flexibility index (Phi) is 5.45. The molecule has 3 aromatic rings. The maximum atomic E-state index is 11.7. The minimum absolute atomic E-state index is 0.214. The summed E-state index contributed by atoms with van der Waals surface area (Å²) in [5.41, 5.74) is 7.18. The first kappa shape index (κ1) is 21.0. The number of nitrogen functional groups attached to an aromatic ring is 1. The molecular formula is C16H19N5O7PS+. The van der Waals surface area contributed by atoms with Crippen molar-refractivity contribution in [3.05, 3.63) is 34.9 Å². The van der Waals surface area contributed by atoms with Crippen LogP contribution in [-0.2, 0) is 13.8 Å². The number of nitrogens with zero attached hydrogens (tertiary/aromatic N) is 4. The van der Waals surface area contributed by atoms with Gasteiger partial charge in [-0.05, 0) is 11.4 Å². The third-order valence-corrected chi connectivity index (χ3v) is 6.90. The highest BCUT2D eigenvalue weighted by Gasteiger charge is 2.47. The molecule has 14 heteroatoms. The fourth-order valence-corrected chi connectivity index (χ4v) is 4.52. The number of hydrogen-bond acceptors (Lipinski definition) is 10. The number of nitroso groups, excluding NO2 is 1. The minimum atomic E-state index is -4.57. The zero-order valence-corrected chi connectivity index (χ0v) is 17.3. The summed E-state index contributed by atoms with van der Waals surface area (Å²) >= 11 is 1.48. The molecule has 1 aliphatic heterocycles. The molecule has 160 valence electrons. The van der Waals surface area contributed by atoms with Gasteiger partial charge in [-0.1, -0.05) is 6.07 Å². The van der Waals surface area contributed by atoms with Gasteiger partial charge in [-0.25, -0.2) is 14.5 Å². The molecule has 0 bridgehead atoms. The minimum Gasteiger partial charge on any atom is -0.387 e. The van der Waals surface area contributed by atoms with Crippen molar-refractivity contribution in [3.8, 4) is 10.4 Å². The highest BCUT2D eigenvalue weighted by Crippen LogP contribution is 2.43. The Morgan fingerprint density at radius 3 is 2.83 bits per heavy atom. The predicted molar refractivity (Wildman–Crippen MR) is 107 cm³/mol. The van der Waals surface area contributed by atoms with E-state index in [9.17, 15) is 24.6 Å². The summed E-state index contributed by atoms with van der Waals surface area (Å²) in [6.45, 7) is -0.580. The van der Waals surface area contributed by atoms with Gasteiger partial charge in [-0.3, -0.25) is 4.89 Å². The van der Waals surface area contributed by atoms with Crippen LogP contribution in [0, 0.1) is 4.91 Å². The number of nitrogens with two attached hydrogens (primary N) is 1. The lowest BCUT2D eigenvalue weighted by Gasteiger charge is -2.17. The van der Waals surface area contributed by atoms with Crippen molar-refractivity contribution in [2.45, 2.75) is 24.5 Å². The molecule has 0 radical (unpaired) electrons. The molecule has 0 spiro atoms. The summed E-state index contributed by atoms with van der Waals surface area (Å²) < 4.78 is 23.4. The summed E-state index contributed by atoms with van der Waals surface area (Å²) in [4.78, 5) is 29.8. The van der Waals surface area contributed by atoms with E-state index in [-0.39, 0.29) is 10.3 Å². The summed E-state index contributed by atoms with van der Waals surface area (Å²) in [6, 6.07) is 3.77. The number of rotatable bonds is 6. The molecule has 4 rings (SSSR count). The van der Waals surface area contributed by atoms with Gasteiger partial charge in [0.2, 0.25) is 0 Å². The Morgan fingerprint density at radius 1 is 1.40 bits per heavy atom. The number of anilines is 1. The van der Waals surface area contributed by atoms with Gasteiger partial charge in [-0.15, -0.1) is 11.3 Å². The largest absolute Gasteiger partial charge is 0.651 e. The molecule has 1 fully saturated rings. The van der Waals surface area contributed by atoms with E-state index >= 15 is 0 Å². The molecule has 1 aliphatic rings. The van der Waals surface area contributed by atoms with Crippen LogP contribution in [0.3, 0.4) is 0 Å². The van der Waals surface area contributed by atoms with Crippen LogP contribution >= 0.6 is 19.1 Å². The number of hydrogen-bond donors (Lipinski definition) is 4. The van der Waals surface area contributed by atoms with Gasteiger partial charge < -0.3 is 25.3 Å². The molecule has 5 unspecified atom stereocenters. The molecule has 30 heavy (non-hydrogen) atoms. The van der Waals surface area contributed by atoms with Crippen LogP contribution in [0.4, 0.5) is 5.82 Å². The number of aromatic nitrogens is 3. The monoisotopic (exact) mass is 456 g/mol. The quantitative estimate of drug-likeness (QED) is 0.390. The van der Waals surface area contributed by atoms with Crippen molar-refractivity contribution in [1.29, 1.82) is 0 Å². The second-order valence-electron chi connectivity index (χ2n) is 6.68. The summed E-state index contributed by atoms with van der Waals surface area (Å²) in [6.07, 6.45) is -2.11. The predicted octanol–water partition coefficient (Wildman–Crippen LogP) is 0.887. The first-order valence-corrected chi connectivity index (χ1v) is 11.2. The second-order valence-corrected chi connectivity index (χ2v) is 9.43. The van der Waals surface area contributed by atoms with Gasteiger partial charge in [-0.2, -0.15) is 4.57 Å². The first-order valence-electron chi connectivity index (χ1n) is 8.76. The number of aliphatic hydroxyl groups is 2. The van der Waals surface area contributed by atoms with Crippen LogP contribution in [-0.4, -0.2) is 66.1 Å². The fraction of sp³-hybridized carbons (Fsp3) is 0.375. The highest BCUT2D eigenvalue weighted by molar-refractivity contribution is 7.45. The van der Waals surface area contributed by atoms with Gasteiger partial charge in [0, 0.05) is 21.5 Å². The SMILES string of the molecule is C[N+](=O)P(=O)(O)OCC1OC(n2cc(-c3cccs3)c3c(N)ncnc32)C(O)C1O. The van der Waals surface area contributed by atoms with E-state index in [0.29, 0.717) is 11.0 Å². The maximum absolute atomic E-state index is 11.7. The van der Waals surface area contributed by atoms with E-state index in [1.54, 1.807) is 6.20 Å². The van der Waals surface area contributed by atoms with Crippen LogP contribution < -0.4 is 5.73 Å². The Bertz CT molecular complexity index is 1140. The number of ether oxygens (including phenoxy) is 1. The van der Waals surface area contributed by atoms with E-state index in [1.807, 2.05) is 17.5 Å². The van der Waals surface area contributed by atoms with Crippen molar-refractivity contribution in [3.63, 3.8) is 0 Å². The standard InChI is InChI=1S/C16H18N5O7PS/c1-20(24)29(25,26)27-6-9-12(22)13(23)16(28-9)21-5-8(10-3-2-4-30-10)11-14(17)18-7-19-15(11)21/h2-5,7,9,12-13,16,22-23H,6H2,1H3,(H2-,17,18,19,25,26)/p+1. The second kappa shape index (κ2) is 7.78. The van der Waals surface area contributed by atoms with E-state index < -0.39 is 38.9 Å². The van der Waals surface area contributed by atoms with E-state index in [1.165, 1.54) is 22.2 Å². The van der Waals surface area contributed by atoms with Crippen LogP contribution in [0.1, 0.15) is 6.23 Å². The molecule has 0 aliphatic carbocycles. The molecule has 0 aromatic carbocycles. The zero-order valence-electron chi connectivity index (χ0n) is 15.6. The van der Waals surface area contributed by atoms with Crippen molar-refractivity contribution in [2.75, 3.05) is 19.4 Å². The summed E-state index contributed by atoms with van der Waals surface area (Å²) in [5.74, 6) is 0.245. The molecule has 5 N–H and O–H groups in total. The molecular weight excluding hydrogens is 437 g/mol. The lowest BCUT2D eigenvalue weighted by molar-refractivity contribution is -0.387. The number of thiophene rings is 1. The van der Waals surface area contributed by atoms with Gasteiger partial charge in [0.25, 0.3) is 0 Å². The average molecular weight is 456 g/mol. The summed E-state index contributed by atoms with van der Waals surface area (Å²) in [7, 11) is -3.73. The lowest BCUT2D eigenvalue weighted by atomic mass is 10.1. The smallest absolute Gasteiger partial charge is 0.387 e. The van der Waals surface area contributed by atoms with Crippen molar-refractivity contribution < 1.29 is 33.5 Å². The Morgan fingerprint density at radius 2 is 2.17 bits per heavy atom. The van der Waals surface area contributed by atoms with Crippen LogP contribution in [0.25, 0.3) is 21.5 Å². The zero-order chi connectivity index (χ0) is 21.6.